The van der Waals surface area contributed by atoms with Crippen LogP contribution >= 0.6 is 0 Å². The fourth-order valence-electron chi connectivity index (χ4n) is 2.50. The number of hydrogen-bond donors (Lipinski definition) is 0. The normalized spacial score (nSPS) is 19.9. The van der Waals surface area contributed by atoms with Gasteiger partial charge in [-0.05, 0) is 19.1 Å². The third kappa shape index (κ3) is 3.89. The smallest absolute Gasteiger partial charge is 0.376 e. The zero-order valence-electron chi connectivity index (χ0n) is 12.5. The molecule has 8 heteroatoms. The molecule has 1 aliphatic rings. The lowest BCUT2D eigenvalue weighted by Crippen LogP contribution is -2.40. The zero-order chi connectivity index (χ0) is 16.4. The minimum absolute atomic E-state index is 0.134. The second kappa shape index (κ2) is 6.29. The lowest BCUT2D eigenvalue weighted by atomic mass is 10.1. The van der Waals surface area contributed by atoms with Crippen molar-refractivity contribution in [2.75, 3.05) is 19.7 Å². The van der Waals surface area contributed by atoms with Crippen LogP contribution < -0.4 is 0 Å². The quantitative estimate of drug-likeness (QED) is 0.867. The molecule has 1 aromatic carbocycles. The highest BCUT2D eigenvalue weighted by Gasteiger charge is 2.30. The van der Waals surface area contributed by atoms with Gasteiger partial charge < -0.3 is 9.26 Å². The van der Waals surface area contributed by atoms with E-state index < -0.39 is 11.7 Å². The molecular weight excluding hydrogens is 311 g/mol. The number of nitrogens with zero attached hydrogens (tertiary/aromatic N) is 3. The first-order chi connectivity index (χ1) is 10.9. The Labute approximate surface area is 131 Å². The van der Waals surface area contributed by atoms with E-state index in [1.54, 1.807) is 0 Å². The molecule has 0 amide bonds. The van der Waals surface area contributed by atoms with E-state index in [1.807, 2.05) is 6.92 Å². The molecule has 1 saturated heterocycles. The van der Waals surface area contributed by atoms with E-state index >= 15 is 0 Å². The average molecular weight is 327 g/mol. The van der Waals surface area contributed by atoms with Gasteiger partial charge in [0.05, 0.1) is 24.8 Å². The van der Waals surface area contributed by atoms with Gasteiger partial charge in [0.15, 0.2) is 0 Å². The van der Waals surface area contributed by atoms with Crippen LogP contribution in [0.3, 0.4) is 0 Å². The van der Waals surface area contributed by atoms with Crippen molar-refractivity contribution in [3.8, 4) is 11.4 Å². The number of morpholine rings is 1. The van der Waals surface area contributed by atoms with E-state index in [9.17, 15) is 13.2 Å². The van der Waals surface area contributed by atoms with Crippen LogP contribution in [0.4, 0.5) is 13.2 Å². The van der Waals surface area contributed by atoms with Gasteiger partial charge in [-0.1, -0.05) is 17.3 Å². The predicted molar refractivity (Wildman–Crippen MR) is 75.4 cm³/mol. The molecule has 1 fully saturated rings. The highest BCUT2D eigenvalue weighted by Crippen LogP contribution is 2.31. The molecule has 0 aliphatic carbocycles. The van der Waals surface area contributed by atoms with Gasteiger partial charge in [-0.3, -0.25) is 4.90 Å². The molecule has 1 aliphatic heterocycles. The zero-order valence-corrected chi connectivity index (χ0v) is 12.5. The van der Waals surface area contributed by atoms with E-state index in [0.29, 0.717) is 19.0 Å². The minimum Gasteiger partial charge on any atom is -0.376 e. The number of aromatic nitrogens is 2. The Hall–Kier alpha value is -1.93. The van der Waals surface area contributed by atoms with E-state index in [1.165, 1.54) is 12.1 Å². The molecule has 0 N–H and O–H groups in total. The molecule has 0 spiro atoms. The maximum Gasteiger partial charge on any atom is 0.416 e. The number of benzene rings is 1. The molecule has 0 radical (unpaired) electrons. The summed E-state index contributed by atoms with van der Waals surface area (Å²) in [5.74, 6) is 0.541. The number of ether oxygens (including phenoxy) is 1. The van der Waals surface area contributed by atoms with Gasteiger partial charge in [0.2, 0.25) is 11.7 Å². The van der Waals surface area contributed by atoms with Crippen LogP contribution in [0.2, 0.25) is 0 Å². The molecule has 0 saturated carbocycles. The van der Waals surface area contributed by atoms with Crippen LogP contribution in [0.1, 0.15) is 18.4 Å². The van der Waals surface area contributed by atoms with E-state index in [2.05, 4.69) is 15.0 Å². The Balaban J connectivity index is 1.74. The summed E-state index contributed by atoms with van der Waals surface area (Å²) in [5.41, 5.74) is -0.450. The number of hydrogen-bond acceptors (Lipinski definition) is 5. The van der Waals surface area contributed by atoms with Crippen molar-refractivity contribution < 1.29 is 22.4 Å². The Morgan fingerprint density at radius 3 is 2.91 bits per heavy atom. The fourth-order valence-corrected chi connectivity index (χ4v) is 2.50. The minimum atomic E-state index is -4.40. The van der Waals surface area contributed by atoms with Gasteiger partial charge in [-0.15, -0.1) is 0 Å². The molecule has 5 nitrogen and oxygen atoms in total. The predicted octanol–water partition coefficient (Wildman–Crippen LogP) is 2.98. The van der Waals surface area contributed by atoms with Gasteiger partial charge in [-0.25, -0.2) is 0 Å². The van der Waals surface area contributed by atoms with Gasteiger partial charge in [-0.2, -0.15) is 18.2 Å². The third-order valence-electron chi connectivity index (χ3n) is 3.60. The molecule has 1 atom stereocenters. The van der Waals surface area contributed by atoms with Gasteiger partial charge in [0, 0.05) is 18.7 Å². The van der Waals surface area contributed by atoms with Gasteiger partial charge >= 0.3 is 6.18 Å². The van der Waals surface area contributed by atoms with Crippen molar-refractivity contribution in [2.45, 2.75) is 25.7 Å². The second-order valence-corrected chi connectivity index (χ2v) is 5.51. The van der Waals surface area contributed by atoms with Crippen LogP contribution in [0.15, 0.2) is 28.8 Å². The molecule has 23 heavy (non-hydrogen) atoms. The molecule has 3 rings (SSSR count). The Kier molecular flexibility index (Phi) is 4.36. The first-order valence-corrected chi connectivity index (χ1v) is 7.26. The van der Waals surface area contributed by atoms with Crippen molar-refractivity contribution >= 4 is 0 Å². The summed E-state index contributed by atoms with van der Waals surface area (Å²) in [4.78, 5) is 6.30. The summed E-state index contributed by atoms with van der Waals surface area (Å²) in [6, 6.07) is 4.89. The Morgan fingerprint density at radius 2 is 2.17 bits per heavy atom. The third-order valence-corrected chi connectivity index (χ3v) is 3.60. The van der Waals surface area contributed by atoms with E-state index in [0.717, 1.165) is 25.2 Å². The molecule has 124 valence electrons. The van der Waals surface area contributed by atoms with Crippen molar-refractivity contribution in [3.63, 3.8) is 0 Å². The van der Waals surface area contributed by atoms with Crippen LogP contribution in [0.25, 0.3) is 11.4 Å². The van der Waals surface area contributed by atoms with Crippen LogP contribution in [-0.2, 0) is 17.5 Å². The summed E-state index contributed by atoms with van der Waals surface area (Å²) in [6.07, 6.45) is -4.26. The lowest BCUT2D eigenvalue weighted by Gasteiger charge is -2.29. The van der Waals surface area contributed by atoms with Crippen molar-refractivity contribution in [2.24, 2.45) is 0 Å². The summed E-state index contributed by atoms with van der Waals surface area (Å²) in [6.45, 7) is 4.58. The topological polar surface area (TPSA) is 51.4 Å². The largest absolute Gasteiger partial charge is 0.416 e. The molecule has 2 aromatic rings. The van der Waals surface area contributed by atoms with Crippen molar-refractivity contribution in [1.82, 2.24) is 15.0 Å². The lowest BCUT2D eigenvalue weighted by molar-refractivity contribution is -0.137. The first-order valence-electron chi connectivity index (χ1n) is 7.26. The van der Waals surface area contributed by atoms with Crippen LogP contribution in [0, 0.1) is 0 Å². The molecule has 1 aromatic heterocycles. The van der Waals surface area contributed by atoms with Crippen LogP contribution in [-0.4, -0.2) is 40.8 Å². The summed E-state index contributed by atoms with van der Waals surface area (Å²) in [5, 5.41) is 3.78. The standard InChI is InChI=1S/C15H16F3N3O2/c1-10-8-21(5-6-22-10)9-13-19-14(20-23-13)11-3-2-4-12(7-11)15(16,17)18/h2-4,7,10H,5-6,8-9H2,1H3. The maximum atomic E-state index is 12.8. The Bertz CT molecular complexity index is 672. The SMILES string of the molecule is CC1CN(Cc2nc(-c3cccc(C(F)(F)F)c3)no2)CCO1. The number of alkyl halides is 3. The number of rotatable bonds is 3. The van der Waals surface area contributed by atoms with Crippen molar-refractivity contribution in [1.29, 1.82) is 0 Å². The summed E-state index contributed by atoms with van der Waals surface area (Å²) < 4.78 is 48.9. The second-order valence-electron chi connectivity index (χ2n) is 5.51. The van der Waals surface area contributed by atoms with Gasteiger partial charge in [0.1, 0.15) is 0 Å². The Morgan fingerprint density at radius 1 is 1.35 bits per heavy atom. The maximum absolute atomic E-state index is 12.8. The summed E-state index contributed by atoms with van der Waals surface area (Å²) in [7, 11) is 0. The number of halogens is 3. The highest BCUT2D eigenvalue weighted by atomic mass is 19.4. The first kappa shape index (κ1) is 15.9. The van der Waals surface area contributed by atoms with Crippen molar-refractivity contribution in [3.05, 3.63) is 35.7 Å². The summed E-state index contributed by atoms with van der Waals surface area (Å²) >= 11 is 0. The van der Waals surface area contributed by atoms with E-state index in [-0.39, 0.29) is 17.5 Å². The monoisotopic (exact) mass is 327 g/mol. The molecular formula is C15H16F3N3O2. The molecule has 2 heterocycles. The van der Waals surface area contributed by atoms with Crippen LogP contribution in [0.5, 0.6) is 0 Å². The van der Waals surface area contributed by atoms with E-state index in [4.69, 9.17) is 9.26 Å². The van der Waals surface area contributed by atoms with Gasteiger partial charge in [0.25, 0.3) is 0 Å². The average Bonchev–Trinajstić information content (AvgIpc) is 2.95. The highest BCUT2D eigenvalue weighted by molar-refractivity contribution is 5.55. The fraction of sp³-hybridized carbons (Fsp3) is 0.467. The molecule has 1 unspecified atom stereocenters. The molecule has 0 bridgehead atoms.